The van der Waals surface area contributed by atoms with Gasteiger partial charge in [-0.05, 0) is 115 Å². The quantitative estimate of drug-likeness (QED) is 0.174. The lowest BCUT2D eigenvalue weighted by Gasteiger charge is -2.19. The van der Waals surface area contributed by atoms with Crippen molar-refractivity contribution in [3.63, 3.8) is 0 Å². The topological polar surface area (TPSA) is 0 Å². The van der Waals surface area contributed by atoms with E-state index < -0.39 is 12.1 Å². The van der Waals surface area contributed by atoms with Crippen molar-refractivity contribution in [3.05, 3.63) is 170 Å². The second kappa shape index (κ2) is 9.64. The Balaban J connectivity index is 1.29. The number of hydrogen-bond acceptors (Lipinski definition) is 0. The summed E-state index contributed by atoms with van der Waals surface area (Å²) in [5.74, 6) is 0. The van der Waals surface area contributed by atoms with Crippen molar-refractivity contribution in [2.45, 2.75) is 0 Å². The molecule has 220 valence electrons. The molecule has 0 heterocycles. The van der Waals surface area contributed by atoms with E-state index in [0.717, 1.165) is 65.3 Å². The minimum Gasteiger partial charge on any atom is -0.0616 e. The molecule has 0 aliphatic carbocycles. The van der Waals surface area contributed by atoms with Crippen molar-refractivity contribution < 1.29 is 9.60 Å². The van der Waals surface area contributed by atoms with Crippen molar-refractivity contribution in [3.8, 4) is 33.4 Å². The fraction of sp³-hybridized carbons (Fsp3) is 0. The van der Waals surface area contributed by atoms with E-state index in [1.54, 1.807) is 0 Å². The molecule has 0 saturated heterocycles. The van der Waals surface area contributed by atoms with Crippen LogP contribution in [0.2, 0.25) is 0 Å². The number of benzene rings is 11. The summed E-state index contributed by atoms with van der Waals surface area (Å²) in [6.07, 6.45) is 0. The van der Waals surface area contributed by atoms with E-state index in [2.05, 4.69) is 115 Å². The zero-order valence-electron chi connectivity index (χ0n) is 32.6. The lowest BCUT2D eigenvalue weighted by Crippen LogP contribution is -1.92. The zero-order valence-corrected chi connectivity index (χ0v) is 25.6. The average molecular weight is 612 g/mol. The second-order valence-corrected chi connectivity index (χ2v) is 12.7. The Morgan fingerprint density at radius 1 is 0.292 bits per heavy atom. The molecule has 0 saturated carbocycles. The van der Waals surface area contributed by atoms with Crippen molar-refractivity contribution in [2.75, 3.05) is 0 Å². The molecule has 0 unspecified atom stereocenters. The summed E-state index contributed by atoms with van der Waals surface area (Å²) in [6.45, 7) is 0. The van der Waals surface area contributed by atoms with E-state index in [-0.39, 0.29) is 46.5 Å². The fourth-order valence-corrected chi connectivity index (χ4v) is 8.12. The van der Waals surface area contributed by atoms with Crippen LogP contribution >= 0.6 is 0 Å². The van der Waals surface area contributed by atoms with E-state index in [1.165, 1.54) is 21.5 Å². The van der Waals surface area contributed by atoms with E-state index in [0.29, 0.717) is 5.56 Å². The third kappa shape index (κ3) is 3.55. The molecule has 0 aromatic heterocycles. The Kier molecular flexibility index (Phi) is 4.04. The lowest BCUT2D eigenvalue weighted by atomic mass is 9.84. The molecule has 0 atom stereocenters. The molecule has 0 aliphatic heterocycles. The highest BCUT2D eigenvalue weighted by Gasteiger charge is 2.19. The number of hydrogen-bond donors (Lipinski definition) is 0. The molecule has 11 aromatic carbocycles. The molecule has 0 aliphatic rings. The van der Waals surface area contributed by atoms with Gasteiger partial charge in [0.2, 0.25) is 0 Å². The Hall–Kier alpha value is -6.24. The van der Waals surface area contributed by atoms with Crippen LogP contribution in [0, 0.1) is 0 Å². The van der Waals surface area contributed by atoms with Crippen LogP contribution in [0.1, 0.15) is 9.60 Å². The summed E-state index contributed by atoms with van der Waals surface area (Å²) < 4.78 is 61.9. The largest absolute Gasteiger partial charge is 0.0629 e. The van der Waals surface area contributed by atoms with E-state index in [4.69, 9.17) is 8.22 Å². The predicted molar refractivity (Wildman–Crippen MR) is 208 cm³/mol. The molecule has 0 amide bonds. The van der Waals surface area contributed by atoms with Gasteiger partial charge in [-0.2, -0.15) is 0 Å². The van der Waals surface area contributed by atoms with Crippen molar-refractivity contribution >= 4 is 75.4 Å². The van der Waals surface area contributed by atoms with E-state index in [9.17, 15) is 1.37 Å². The molecule has 0 radical (unpaired) electrons. The Bertz CT molecular complexity index is 3420. The second-order valence-electron chi connectivity index (χ2n) is 12.7. The monoisotopic (exact) mass is 611 g/mol. The highest BCUT2D eigenvalue weighted by Crippen LogP contribution is 2.46. The van der Waals surface area contributed by atoms with Gasteiger partial charge in [0.1, 0.15) is 0 Å². The van der Waals surface area contributed by atoms with Crippen LogP contribution in [-0.2, 0) is 0 Å². The van der Waals surface area contributed by atoms with Crippen molar-refractivity contribution in [2.24, 2.45) is 0 Å². The first kappa shape index (κ1) is 20.1. The lowest BCUT2D eigenvalue weighted by molar-refractivity contribution is 1.61. The van der Waals surface area contributed by atoms with Gasteiger partial charge in [-0.25, -0.2) is 0 Å². The first-order chi connectivity index (χ1) is 26.7. The van der Waals surface area contributed by atoms with Gasteiger partial charge in [0.15, 0.2) is 0 Å². The Morgan fingerprint density at radius 3 is 1.46 bits per heavy atom. The molecule has 0 bridgehead atoms. The summed E-state index contributed by atoms with van der Waals surface area (Å²) in [5.41, 5.74) is 4.42. The van der Waals surface area contributed by atoms with Gasteiger partial charge >= 0.3 is 0 Å². The minimum atomic E-state index is -0.467. The van der Waals surface area contributed by atoms with Crippen LogP contribution in [0.4, 0.5) is 0 Å². The molecular weight excluding hydrogens is 577 g/mol. The normalized spacial score (nSPS) is 14.2. The summed E-state index contributed by atoms with van der Waals surface area (Å²) in [6, 6.07) is 41.9. The first-order valence-corrected chi connectivity index (χ1v) is 16.2. The molecule has 0 N–H and O–H groups in total. The van der Waals surface area contributed by atoms with Gasteiger partial charge in [-0.1, -0.05) is 164 Å². The molecule has 48 heavy (non-hydrogen) atoms. The third-order valence-electron chi connectivity index (χ3n) is 10.3. The van der Waals surface area contributed by atoms with E-state index in [1.807, 2.05) is 12.1 Å². The maximum atomic E-state index is 9.33. The number of fused-ring (bicyclic) bond motifs is 1. The summed E-state index contributed by atoms with van der Waals surface area (Å²) in [5, 5.41) is 13.7. The van der Waals surface area contributed by atoms with Crippen molar-refractivity contribution in [1.82, 2.24) is 0 Å². The van der Waals surface area contributed by atoms with E-state index >= 15 is 0 Å². The first-order valence-electron chi connectivity index (χ1n) is 19.7. The van der Waals surface area contributed by atoms with Crippen LogP contribution in [-0.4, -0.2) is 0 Å². The zero-order chi connectivity index (χ0) is 37.4. The van der Waals surface area contributed by atoms with Gasteiger partial charge in [-0.15, -0.1) is 0 Å². The Labute approximate surface area is 287 Å². The molecular formula is C48H28. The average Bonchev–Trinajstić information content (AvgIpc) is 3.22. The summed E-state index contributed by atoms with van der Waals surface area (Å²) in [7, 11) is 0. The van der Waals surface area contributed by atoms with Gasteiger partial charge in [0.05, 0.1) is 9.60 Å². The Morgan fingerprint density at radius 2 is 0.792 bits per heavy atom. The minimum absolute atomic E-state index is 0.0563. The van der Waals surface area contributed by atoms with Crippen LogP contribution < -0.4 is 0 Å². The van der Waals surface area contributed by atoms with Crippen LogP contribution in [0.25, 0.3) is 109 Å². The summed E-state index contributed by atoms with van der Waals surface area (Å²) >= 11 is 0. The molecule has 0 fully saturated rings. The smallest absolute Gasteiger partial charge is 0.0616 e. The van der Waals surface area contributed by atoms with Gasteiger partial charge in [0, 0.05) is 0 Å². The SMILES string of the molecule is [2H]c1c([2H])c([2H])c2c(-c3ccc(-c4ccc5ccc6cccc7ccc4c5c67)cc3-c3ccc4ccc5cccc6ccc3c4c56)c([2H])c([2H])c([2H])c2c1[2H]. The maximum absolute atomic E-state index is 9.33. The predicted octanol–water partition coefficient (Wildman–Crippen LogP) is 13.6. The van der Waals surface area contributed by atoms with Gasteiger partial charge < -0.3 is 0 Å². The fourth-order valence-electron chi connectivity index (χ4n) is 8.12. The standard InChI is InChI=1S/C48H28/c1-2-12-37-29(6-1)7-5-13-39(37)40-25-22-36(38-23-18-34-16-14-30-8-3-10-32-20-26-42(38)47(34)45(30)32)28-44(40)41-24-19-35-17-15-31-9-4-11-33-21-27-43(41)48(35)46(31)33/h1-28H/i1D,2D,5D,6D,7D,12D,13D. The molecule has 0 spiro atoms. The highest BCUT2D eigenvalue weighted by molar-refractivity contribution is 6.27. The van der Waals surface area contributed by atoms with Gasteiger partial charge in [-0.3, -0.25) is 0 Å². The molecule has 11 aromatic rings. The van der Waals surface area contributed by atoms with Crippen molar-refractivity contribution in [1.29, 1.82) is 0 Å². The van der Waals surface area contributed by atoms with Crippen LogP contribution in [0.5, 0.6) is 0 Å². The molecule has 0 heteroatoms. The maximum Gasteiger partial charge on any atom is 0.0629 e. The molecule has 11 rings (SSSR count). The summed E-state index contributed by atoms with van der Waals surface area (Å²) in [4.78, 5) is 0. The number of rotatable bonds is 3. The molecule has 0 nitrogen and oxygen atoms in total. The highest BCUT2D eigenvalue weighted by atomic mass is 14.2. The third-order valence-corrected chi connectivity index (χ3v) is 10.3. The van der Waals surface area contributed by atoms with Gasteiger partial charge in [0.25, 0.3) is 0 Å². The van der Waals surface area contributed by atoms with Crippen LogP contribution in [0.15, 0.2) is 170 Å². The van der Waals surface area contributed by atoms with Crippen LogP contribution in [0.3, 0.4) is 0 Å².